The number of carbonyl (C=O) groups is 1. The molecule has 0 fully saturated rings. The SMILES string of the molecule is CSc1nc2ccc(NC(=O)CCCNC(C)C)cc2s1. The van der Waals surface area contributed by atoms with Gasteiger partial charge < -0.3 is 10.6 Å². The number of amides is 1. The van der Waals surface area contributed by atoms with Gasteiger partial charge in [-0.15, -0.1) is 11.3 Å². The van der Waals surface area contributed by atoms with Crippen LogP contribution >= 0.6 is 23.1 Å². The van der Waals surface area contributed by atoms with E-state index in [4.69, 9.17) is 0 Å². The first-order valence-corrected chi connectivity index (χ1v) is 9.10. The highest BCUT2D eigenvalue weighted by molar-refractivity contribution is 8.00. The lowest BCUT2D eigenvalue weighted by Gasteiger charge is -2.08. The van der Waals surface area contributed by atoms with E-state index in [2.05, 4.69) is 29.5 Å². The fraction of sp³-hybridized carbons (Fsp3) is 0.467. The first-order chi connectivity index (χ1) is 10.1. The Morgan fingerprint density at radius 2 is 2.24 bits per heavy atom. The summed E-state index contributed by atoms with van der Waals surface area (Å²) in [6, 6.07) is 6.34. The Balaban J connectivity index is 1.88. The number of nitrogens with one attached hydrogen (secondary N) is 2. The van der Waals surface area contributed by atoms with E-state index in [1.165, 1.54) is 0 Å². The van der Waals surface area contributed by atoms with E-state index in [0.29, 0.717) is 12.5 Å². The third-order valence-electron chi connectivity index (χ3n) is 2.96. The molecule has 0 radical (unpaired) electrons. The molecule has 114 valence electrons. The molecular weight excluding hydrogens is 302 g/mol. The summed E-state index contributed by atoms with van der Waals surface area (Å²) in [5, 5.41) is 6.26. The molecule has 0 unspecified atom stereocenters. The molecule has 2 rings (SSSR count). The molecule has 1 amide bonds. The number of hydrogen-bond donors (Lipinski definition) is 2. The molecule has 0 atom stereocenters. The van der Waals surface area contributed by atoms with Crippen LogP contribution in [0.1, 0.15) is 26.7 Å². The van der Waals surface area contributed by atoms with Crippen molar-refractivity contribution in [3.8, 4) is 0 Å². The normalized spacial score (nSPS) is 11.2. The molecule has 0 bridgehead atoms. The molecule has 4 nitrogen and oxygen atoms in total. The number of nitrogens with zero attached hydrogens (tertiary/aromatic N) is 1. The molecule has 0 saturated carbocycles. The van der Waals surface area contributed by atoms with Crippen molar-refractivity contribution in [1.29, 1.82) is 0 Å². The number of rotatable bonds is 7. The van der Waals surface area contributed by atoms with Crippen LogP contribution in [0.15, 0.2) is 22.5 Å². The number of anilines is 1. The maximum absolute atomic E-state index is 11.9. The van der Waals surface area contributed by atoms with E-state index < -0.39 is 0 Å². The van der Waals surface area contributed by atoms with Gasteiger partial charge in [-0.25, -0.2) is 4.98 Å². The van der Waals surface area contributed by atoms with Gasteiger partial charge in [0.05, 0.1) is 10.2 Å². The molecule has 0 aliphatic carbocycles. The van der Waals surface area contributed by atoms with E-state index in [1.807, 2.05) is 24.5 Å². The Bertz CT molecular complexity index is 610. The predicted octanol–water partition coefficient (Wildman–Crippen LogP) is 3.73. The van der Waals surface area contributed by atoms with Crippen LogP contribution in [0.5, 0.6) is 0 Å². The first-order valence-electron chi connectivity index (χ1n) is 7.06. The quantitative estimate of drug-likeness (QED) is 0.602. The van der Waals surface area contributed by atoms with E-state index in [-0.39, 0.29) is 5.91 Å². The second-order valence-electron chi connectivity index (χ2n) is 5.13. The van der Waals surface area contributed by atoms with Crippen LogP contribution in [-0.2, 0) is 4.79 Å². The molecule has 2 N–H and O–H groups in total. The van der Waals surface area contributed by atoms with Crippen LogP contribution in [0.3, 0.4) is 0 Å². The zero-order valence-electron chi connectivity index (χ0n) is 12.6. The summed E-state index contributed by atoms with van der Waals surface area (Å²) >= 11 is 3.30. The van der Waals surface area contributed by atoms with Crippen LogP contribution in [0.2, 0.25) is 0 Å². The summed E-state index contributed by atoms with van der Waals surface area (Å²) < 4.78 is 2.16. The number of thiazole rings is 1. The maximum Gasteiger partial charge on any atom is 0.224 e. The van der Waals surface area contributed by atoms with Crippen LogP contribution in [0.4, 0.5) is 5.69 Å². The fourth-order valence-electron chi connectivity index (χ4n) is 1.93. The summed E-state index contributed by atoms with van der Waals surface area (Å²) in [7, 11) is 0. The standard InChI is InChI=1S/C15H21N3OS2/c1-10(2)16-8-4-5-14(19)17-11-6-7-12-13(9-11)21-15(18-12)20-3/h6-7,9-10,16H,4-5,8H2,1-3H3,(H,17,19). The Kier molecular flexibility index (Phi) is 6.02. The first kappa shape index (κ1) is 16.3. The summed E-state index contributed by atoms with van der Waals surface area (Å²) in [4.78, 5) is 16.4. The lowest BCUT2D eigenvalue weighted by Crippen LogP contribution is -2.24. The summed E-state index contributed by atoms with van der Waals surface area (Å²) in [6.07, 6.45) is 3.41. The van der Waals surface area contributed by atoms with Gasteiger partial charge in [0.15, 0.2) is 4.34 Å². The molecule has 0 saturated heterocycles. The number of fused-ring (bicyclic) bond motifs is 1. The van der Waals surface area contributed by atoms with Gasteiger partial charge >= 0.3 is 0 Å². The largest absolute Gasteiger partial charge is 0.326 e. The summed E-state index contributed by atoms with van der Waals surface area (Å²) in [6.45, 7) is 5.08. The third kappa shape index (κ3) is 4.98. The van der Waals surface area contributed by atoms with Gasteiger partial charge in [0, 0.05) is 18.2 Å². The molecule has 2 aromatic rings. The van der Waals surface area contributed by atoms with Crippen molar-refractivity contribution in [1.82, 2.24) is 10.3 Å². The Labute approximate surface area is 133 Å². The summed E-state index contributed by atoms with van der Waals surface area (Å²) in [5.41, 5.74) is 1.84. The molecule has 0 aliphatic heterocycles. The van der Waals surface area contributed by atoms with Crippen molar-refractivity contribution < 1.29 is 4.79 Å². The highest BCUT2D eigenvalue weighted by Gasteiger charge is 2.06. The number of aromatic nitrogens is 1. The van der Waals surface area contributed by atoms with Crippen molar-refractivity contribution in [2.24, 2.45) is 0 Å². The van der Waals surface area contributed by atoms with Gasteiger partial charge in [0.2, 0.25) is 5.91 Å². The summed E-state index contributed by atoms with van der Waals surface area (Å²) in [5.74, 6) is 0.0644. The van der Waals surface area contributed by atoms with Gasteiger partial charge in [0.25, 0.3) is 0 Å². The van der Waals surface area contributed by atoms with E-state index in [1.54, 1.807) is 23.1 Å². The van der Waals surface area contributed by atoms with Crippen LogP contribution in [0, 0.1) is 0 Å². The Morgan fingerprint density at radius 1 is 1.43 bits per heavy atom. The number of hydrogen-bond acceptors (Lipinski definition) is 5. The van der Waals surface area contributed by atoms with Gasteiger partial charge in [-0.05, 0) is 37.4 Å². The molecule has 0 spiro atoms. The average molecular weight is 323 g/mol. The lowest BCUT2D eigenvalue weighted by molar-refractivity contribution is -0.116. The van der Waals surface area contributed by atoms with E-state index >= 15 is 0 Å². The van der Waals surface area contributed by atoms with Crippen LogP contribution < -0.4 is 10.6 Å². The molecule has 1 aromatic heterocycles. The predicted molar refractivity (Wildman–Crippen MR) is 92.4 cm³/mol. The van der Waals surface area contributed by atoms with E-state index in [9.17, 15) is 4.79 Å². The topological polar surface area (TPSA) is 54.0 Å². The highest BCUT2D eigenvalue weighted by Crippen LogP contribution is 2.29. The van der Waals surface area contributed by atoms with Crippen molar-refractivity contribution in [3.05, 3.63) is 18.2 Å². The number of benzene rings is 1. The van der Waals surface area contributed by atoms with Crippen molar-refractivity contribution in [2.75, 3.05) is 18.1 Å². The fourth-order valence-corrected chi connectivity index (χ4v) is 3.46. The minimum Gasteiger partial charge on any atom is -0.326 e. The molecule has 6 heteroatoms. The van der Waals surface area contributed by atoms with Gasteiger partial charge in [-0.3, -0.25) is 4.79 Å². The number of thioether (sulfide) groups is 1. The van der Waals surface area contributed by atoms with Crippen LogP contribution in [-0.4, -0.2) is 29.7 Å². The molecular formula is C15H21N3OS2. The van der Waals surface area contributed by atoms with Crippen LogP contribution in [0.25, 0.3) is 10.2 Å². The lowest BCUT2D eigenvalue weighted by atomic mass is 10.2. The van der Waals surface area contributed by atoms with Crippen molar-refractivity contribution in [2.45, 2.75) is 37.1 Å². The molecule has 21 heavy (non-hydrogen) atoms. The maximum atomic E-state index is 11.9. The second-order valence-corrected chi connectivity index (χ2v) is 7.21. The average Bonchev–Trinajstić information content (AvgIpc) is 2.85. The Morgan fingerprint density at radius 3 is 2.95 bits per heavy atom. The number of carbonyl (C=O) groups excluding carboxylic acids is 1. The third-order valence-corrected chi connectivity index (χ3v) is 4.96. The van der Waals surface area contributed by atoms with Crippen molar-refractivity contribution >= 4 is 44.9 Å². The monoisotopic (exact) mass is 323 g/mol. The zero-order chi connectivity index (χ0) is 15.2. The molecule has 1 aromatic carbocycles. The van der Waals surface area contributed by atoms with Gasteiger partial charge in [0.1, 0.15) is 0 Å². The highest BCUT2D eigenvalue weighted by atomic mass is 32.2. The minimum atomic E-state index is 0.0644. The smallest absolute Gasteiger partial charge is 0.224 e. The van der Waals surface area contributed by atoms with Gasteiger partial charge in [-0.2, -0.15) is 0 Å². The minimum absolute atomic E-state index is 0.0644. The zero-order valence-corrected chi connectivity index (χ0v) is 14.2. The second kappa shape index (κ2) is 7.77. The van der Waals surface area contributed by atoms with E-state index in [0.717, 1.165) is 33.2 Å². The Hall–Kier alpha value is -1.11. The van der Waals surface area contributed by atoms with Crippen molar-refractivity contribution in [3.63, 3.8) is 0 Å². The molecule has 0 aliphatic rings. The molecule has 1 heterocycles. The van der Waals surface area contributed by atoms with Gasteiger partial charge in [-0.1, -0.05) is 25.6 Å².